The lowest BCUT2D eigenvalue weighted by molar-refractivity contribution is 0.634. The number of pyridine rings is 1. The van der Waals surface area contributed by atoms with E-state index in [1.54, 1.807) is 7.05 Å². The van der Waals surface area contributed by atoms with Gasteiger partial charge in [0, 0.05) is 31.6 Å². The Labute approximate surface area is 136 Å². The van der Waals surface area contributed by atoms with Crippen LogP contribution in [-0.2, 0) is 0 Å². The monoisotopic (exact) mass is 309 g/mol. The molecule has 5 heteroatoms. The van der Waals surface area contributed by atoms with Crippen LogP contribution in [0.5, 0.6) is 0 Å². The van der Waals surface area contributed by atoms with Gasteiger partial charge < -0.3 is 16.0 Å². The first-order valence-electron chi connectivity index (χ1n) is 8.07. The quantitative estimate of drug-likeness (QED) is 0.344. The van der Waals surface area contributed by atoms with Crippen molar-refractivity contribution < 1.29 is 0 Å². The highest BCUT2D eigenvalue weighted by Gasteiger charge is 2.11. The van der Waals surface area contributed by atoms with Gasteiger partial charge in [0.2, 0.25) is 0 Å². The van der Waals surface area contributed by atoms with Gasteiger partial charge in [-0.15, -0.1) is 0 Å². The highest BCUT2D eigenvalue weighted by Crippen LogP contribution is 2.14. The van der Waals surface area contributed by atoms with Gasteiger partial charge in [-0.1, -0.05) is 30.4 Å². The maximum absolute atomic E-state index is 4.60. The van der Waals surface area contributed by atoms with E-state index in [4.69, 9.17) is 0 Å². The number of para-hydroxylation sites is 1. The van der Waals surface area contributed by atoms with E-state index in [0.29, 0.717) is 6.04 Å². The van der Waals surface area contributed by atoms with Crippen molar-refractivity contribution in [3.8, 4) is 0 Å². The molecule has 0 amide bonds. The molecule has 1 aliphatic carbocycles. The average Bonchev–Trinajstić information content (AvgIpc) is 3.10. The first-order chi connectivity index (χ1) is 11.3. The highest BCUT2D eigenvalue weighted by atomic mass is 15.2. The molecule has 120 valence electrons. The van der Waals surface area contributed by atoms with Gasteiger partial charge in [0.05, 0.1) is 5.52 Å². The van der Waals surface area contributed by atoms with Crippen LogP contribution in [0.25, 0.3) is 10.9 Å². The van der Waals surface area contributed by atoms with Crippen molar-refractivity contribution in [3.63, 3.8) is 0 Å². The van der Waals surface area contributed by atoms with E-state index in [1.165, 1.54) is 0 Å². The van der Waals surface area contributed by atoms with E-state index in [9.17, 15) is 0 Å². The molecule has 0 fully saturated rings. The summed E-state index contributed by atoms with van der Waals surface area (Å²) in [5.74, 6) is 1.75. The lowest BCUT2D eigenvalue weighted by atomic mass is 10.2. The molecule has 1 aromatic heterocycles. The van der Waals surface area contributed by atoms with E-state index in [-0.39, 0.29) is 0 Å². The van der Waals surface area contributed by atoms with Crippen molar-refractivity contribution in [2.24, 2.45) is 4.99 Å². The summed E-state index contributed by atoms with van der Waals surface area (Å²) in [6, 6.07) is 12.7. The molecule has 0 bridgehead atoms. The summed E-state index contributed by atoms with van der Waals surface area (Å²) in [5.41, 5.74) is 1.01. The fourth-order valence-electron chi connectivity index (χ4n) is 2.66. The number of guanidine groups is 1. The van der Waals surface area contributed by atoms with Crippen LogP contribution in [0.4, 0.5) is 5.82 Å². The van der Waals surface area contributed by atoms with Crippen LogP contribution in [-0.4, -0.2) is 37.1 Å². The van der Waals surface area contributed by atoms with E-state index in [1.807, 2.05) is 24.3 Å². The molecule has 0 saturated heterocycles. The number of nitrogens with one attached hydrogen (secondary N) is 3. The lowest BCUT2D eigenvalue weighted by Crippen LogP contribution is -2.43. The summed E-state index contributed by atoms with van der Waals surface area (Å²) in [6.07, 6.45) is 6.55. The van der Waals surface area contributed by atoms with Crippen molar-refractivity contribution in [2.45, 2.75) is 18.9 Å². The second-order valence-electron chi connectivity index (χ2n) is 5.60. The molecule has 0 radical (unpaired) electrons. The Bertz CT molecular complexity index is 699. The van der Waals surface area contributed by atoms with Crippen molar-refractivity contribution in [3.05, 3.63) is 48.6 Å². The normalized spacial score (nSPS) is 15.1. The zero-order valence-corrected chi connectivity index (χ0v) is 13.4. The van der Waals surface area contributed by atoms with Crippen molar-refractivity contribution in [1.82, 2.24) is 15.6 Å². The Balaban J connectivity index is 1.44. The van der Waals surface area contributed by atoms with Gasteiger partial charge in [-0.05, 0) is 31.0 Å². The van der Waals surface area contributed by atoms with Crippen molar-refractivity contribution >= 4 is 22.7 Å². The Morgan fingerprint density at radius 3 is 2.78 bits per heavy atom. The van der Waals surface area contributed by atoms with Gasteiger partial charge in [0.1, 0.15) is 5.82 Å². The first kappa shape index (κ1) is 15.3. The number of benzene rings is 1. The van der Waals surface area contributed by atoms with E-state index < -0.39 is 0 Å². The zero-order valence-electron chi connectivity index (χ0n) is 13.4. The van der Waals surface area contributed by atoms with E-state index >= 15 is 0 Å². The third kappa shape index (κ3) is 4.22. The maximum atomic E-state index is 4.60. The fourth-order valence-corrected chi connectivity index (χ4v) is 2.66. The molecule has 0 atom stereocenters. The smallest absolute Gasteiger partial charge is 0.191 e. The SMILES string of the molecule is CN=C(NCCNc1ccc2ccccc2n1)NC1CC=CC1. The number of hydrogen-bond acceptors (Lipinski definition) is 3. The van der Waals surface area contributed by atoms with Gasteiger partial charge in [-0.25, -0.2) is 4.98 Å². The molecule has 0 spiro atoms. The van der Waals surface area contributed by atoms with Crippen LogP contribution in [0.2, 0.25) is 0 Å². The molecule has 1 aromatic carbocycles. The lowest BCUT2D eigenvalue weighted by Gasteiger charge is -2.17. The number of nitrogens with zero attached hydrogens (tertiary/aromatic N) is 2. The van der Waals surface area contributed by atoms with Gasteiger partial charge in [-0.3, -0.25) is 4.99 Å². The summed E-state index contributed by atoms with van der Waals surface area (Å²) in [5, 5.41) is 11.2. The Morgan fingerprint density at radius 2 is 1.96 bits per heavy atom. The fraction of sp³-hybridized carbons (Fsp3) is 0.333. The molecular weight excluding hydrogens is 286 g/mol. The number of fused-ring (bicyclic) bond motifs is 1. The molecular formula is C18H23N5. The predicted octanol–water partition coefficient (Wildman–Crippen LogP) is 2.53. The average molecular weight is 309 g/mol. The van der Waals surface area contributed by atoms with Crippen LogP contribution in [0, 0.1) is 0 Å². The Kier molecular flexibility index (Phi) is 5.09. The van der Waals surface area contributed by atoms with Gasteiger partial charge in [0.25, 0.3) is 0 Å². The zero-order chi connectivity index (χ0) is 15.9. The van der Waals surface area contributed by atoms with E-state index in [2.05, 4.69) is 50.2 Å². The number of aliphatic imine (C=N–C) groups is 1. The summed E-state index contributed by atoms with van der Waals surface area (Å²) < 4.78 is 0. The minimum Gasteiger partial charge on any atom is -0.368 e. The number of anilines is 1. The van der Waals surface area contributed by atoms with Crippen LogP contribution < -0.4 is 16.0 Å². The molecule has 2 aromatic rings. The van der Waals surface area contributed by atoms with Gasteiger partial charge >= 0.3 is 0 Å². The second kappa shape index (κ2) is 7.63. The van der Waals surface area contributed by atoms with Gasteiger partial charge in [0.15, 0.2) is 5.96 Å². The molecule has 3 rings (SSSR count). The first-order valence-corrected chi connectivity index (χ1v) is 8.07. The maximum Gasteiger partial charge on any atom is 0.191 e. The Morgan fingerprint density at radius 1 is 1.13 bits per heavy atom. The molecule has 1 aliphatic rings. The number of aromatic nitrogens is 1. The molecule has 5 nitrogen and oxygen atoms in total. The van der Waals surface area contributed by atoms with E-state index in [0.717, 1.165) is 48.6 Å². The Hall–Kier alpha value is -2.56. The largest absolute Gasteiger partial charge is 0.368 e. The standard InChI is InChI=1S/C18H23N5/c1-19-18(22-15-7-3-4-8-15)21-13-12-20-17-11-10-14-6-2-5-9-16(14)23-17/h2-6,9-11,15H,7-8,12-13H2,1H3,(H,20,23)(H2,19,21,22). The molecule has 0 aliphatic heterocycles. The molecule has 3 N–H and O–H groups in total. The van der Waals surface area contributed by atoms with Crippen LogP contribution in [0.1, 0.15) is 12.8 Å². The third-order valence-corrected chi connectivity index (χ3v) is 3.89. The highest BCUT2D eigenvalue weighted by molar-refractivity contribution is 5.80. The second-order valence-corrected chi connectivity index (χ2v) is 5.60. The number of rotatable bonds is 5. The molecule has 0 unspecified atom stereocenters. The minimum atomic E-state index is 0.469. The summed E-state index contributed by atoms with van der Waals surface area (Å²) in [7, 11) is 1.80. The summed E-state index contributed by atoms with van der Waals surface area (Å²) >= 11 is 0. The topological polar surface area (TPSA) is 61.3 Å². The van der Waals surface area contributed by atoms with Crippen LogP contribution in [0.15, 0.2) is 53.5 Å². The predicted molar refractivity (Wildman–Crippen MR) is 96.9 cm³/mol. The van der Waals surface area contributed by atoms with Crippen LogP contribution >= 0.6 is 0 Å². The van der Waals surface area contributed by atoms with Crippen molar-refractivity contribution in [1.29, 1.82) is 0 Å². The van der Waals surface area contributed by atoms with Crippen molar-refractivity contribution in [2.75, 3.05) is 25.5 Å². The molecule has 1 heterocycles. The minimum absolute atomic E-state index is 0.469. The van der Waals surface area contributed by atoms with Crippen LogP contribution in [0.3, 0.4) is 0 Å². The third-order valence-electron chi connectivity index (χ3n) is 3.89. The summed E-state index contributed by atoms with van der Waals surface area (Å²) in [6.45, 7) is 1.57. The van der Waals surface area contributed by atoms with Gasteiger partial charge in [-0.2, -0.15) is 0 Å². The molecule has 23 heavy (non-hydrogen) atoms. The summed E-state index contributed by atoms with van der Waals surface area (Å²) in [4.78, 5) is 8.86. The molecule has 0 saturated carbocycles. The number of hydrogen-bond donors (Lipinski definition) is 3.